The predicted octanol–water partition coefficient (Wildman–Crippen LogP) is 2.89. The number of hydrogen-bond acceptors (Lipinski definition) is 4. The minimum atomic E-state index is -0.575. The van der Waals surface area contributed by atoms with E-state index in [-0.39, 0.29) is 23.9 Å². The lowest BCUT2D eigenvalue weighted by molar-refractivity contribution is -0.147. The van der Waals surface area contributed by atoms with E-state index in [1.807, 2.05) is 32.0 Å². The first-order chi connectivity index (χ1) is 9.71. The summed E-state index contributed by atoms with van der Waals surface area (Å²) in [6.07, 6.45) is 0. The average molecular weight is 293 g/mol. The first-order valence-corrected chi connectivity index (χ1v) is 7.37. The van der Waals surface area contributed by atoms with E-state index in [9.17, 15) is 4.79 Å². The molecular formula is C17H27NO3. The maximum Gasteiger partial charge on any atom is 0.323 e. The molecule has 0 aliphatic carbocycles. The van der Waals surface area contributed by atoms with Crippen LogP contribution in [-0.4, -0.2) is 25.2 Å². The second-order valence-corrected chi connectivity index (χ2v) is 6.56. The van der Waals surface area contributed by atoms with Crippen LogP contribution in [0.1, 0.15) is 40.2 Å². The Morgan fingerprint density at radius 2 is 1.90 bits per heavy atom. The van der Waals surface area contributed by atoms with E-state index in [2.05, 4.69) is 26.8 Å². The molecule has 1 atom stereocenters. The van der Waals surface area contributed by atoms with Gasteiger partial charge in [-0.1, -0.05) is 46.8 Å². The third-order valence-corrected chi connectivity index (χ3v) is 3.29. The third-order valence-electron chi connectivity index (χ3n) is 3.29. The lowest BCUT2D eigenvalue weighted by Gasteiger charge is -2.20. The number of benzene rings is 1. The quantitative estimate of drug-likeness (QED) is 0.647. The Morgan fingerprint density at radius 3 is 2.48 bits per heavy atom. The van der Waals surface area contributed by atoms with Gasteiger partial charge in [0, 0.05) is 0 Å². The molecule has 118 valence electrons. The Bertz CT molecular complexity index is 463. The molecule has 0 heterocycles. The van der Waals surface area contributed by atoms with Crippen molar-refractivity contribution in [2.24, 2.45) is 11.7 Å². The number of carbonyl (C=O) groups is 1. The van der Waals surface area contributed by atoms with Crippen LogP contribution in [0.5, 0.6) is 5.75 Å². The fourth-order valence-corrected chi connectivity index (χ4v) is 1.72. The molecule has 4 heteroatoms. The van der Waals surface area contributed by atoms with Crippen LogP contribution in [0.4, 0.5) is 0 Å². The van der Waals surface area contributed by atoms with Crippen LogP contribution in [0.25, 0.3) is 0 Å². The molecule has 0 bridgehead atoms. The zero-order chi connectivity index (χ0) is 16.0. The average Bonchev–Trinajstić information content (AvgIpc) is 2.41. The minimum Gasteiger partial charge on any atom is -0.490 e. The topological polar surface area (TPSA) is 61.6 Å². The van der Waals surface area contributed by atoms with E-state index in [1.54, 1.807) is 0 Å². The number of esters is 1. The lowest BCUT2D eigenvalue weighted by Crippen LogP contribution is -2.37. The predicted molar refractivity (Wildman–Crippen MR) is 84.4 cm³/mol. The highest BCUT2D eigenvalue weighted by molar-refractivity contribution is 5.75. The van der Waals surface area contributed by atoms with Crippen molar-refractivity contribution >= 4 is 5.97 Å². The van der Waals surface area contributed by atoms with E-state index in [0.717, 1.165) is 5.75 Å². The highest BCUT2D eigenvalue weighted by Gasteiger charge is 2.18. The second-order valence-electron chi connectivity index (χ2n) is 6.56. The number of rotatable bonds is 6. The number of nitrogens with two attached hydrogens (primary N) is 1. The Morgan fingerprint density at radius 1 is 1.24 bits per heavy atom. The van der Waals surface area contributed by atoms with Crippen LogP contribution in [0, 0.1) is 5.92 Å². The van der Waals surface area contributed by atoms with Gasteiger partial charge in [0.15, 0.2) is 0 Å². The number of hydrogen-bond donors (Lipinski definition) is 1. The van der Waals surface area contributed by atoms with Gasteiger partial charge in [-0.15, -0.1) is 0 Å². The van der Waals surface area contributed by atoms with Crippen molar-refractivity contribution in [3.05, 3.63) is 29.8 Å². The van der Waals surface area contributed by atoms with Crippen molar-refractivity contribution in [1.29, 1.82) is 0 Å². The first-order valence-electron chi connectivity index (χ1n) is 7.37. The van der Waals surface area contributed by atoms with Gasteiger partial charge in [0.25, 0.3) is 0 Å². The Kier molecular flexibility index (Phi) is 6.21. The van der Waals surface area contributed by atoms with Gasteiger partial charge < -0.3 is 15.2 Å². The zero-order valence-corrected chi connectivity index (χ0v) is 13.7. The molecule has 0 saturated heterocycles. The van der Waals surface area contributed by atoms with Crippen LogP contribution in [-0.2, 0) is 14.9 Å². The molecule has 1 rings (SSSR count). The van der Waals surface area contributed by atoms with E-state index in [0.29, 0.717) is 6.61 Å². The summed E-state index contributed by atoms with van der Waals surface area (Å²) in [6.45, 7) is 10.8. The van der Waals surface area contributed by atoms with Gasteiger partial charge in [0.1, 0.15) is 25.0 Å². The molecule has 1 aromatic carbocycles. The molecule has 0 amide bonds. The molecule has 2 N–H and O–H groups in total. The van der Waals surface area contributed by atoms with Gasteiger partial charge in [-0.05, 0) is 29.0 Å². The molecule has 0 radical (unpaired) electrons. The summed E-state index contributed by atoms with van der Waals surface area (Å²) >= 11 is 0. The lowest BCUT2D eigenvalue weighted by atomic mass is 9.87. The second kappa shape index (κ2) is 7.46. The normalized spacial score (nSPS) is 13.1. The van der Waals surface area contributed by atoms with Crippen LogP contribution < -0.4 is 10.5 Å². The molecule has 1 aromatic rings. The zero-order valence-electron chi connectivity index (χ0n) is 13.7. The van der Waals surface area contributed by atoms with Crippen LogP contribution in [0.2, 0.25) is 0 Å². The monoisotopic (exact) mass is 293 g/mol. The SMILES string of the molecule is CC(C)C(N)C(=O)OCCOc1cccc(C(C)(C)C)c1. The molecule has 1 unspecified atom stereocenters. The molecule has 0 saturated carbocycles. The van der Waals surface area contributed by atoms with Crippen molar-refractivity contribution in [2.45, 2.75) is 46.1 Å². The van der Waals surface area contributed by atoms with Crippen molar-refractivity contribution in [3.63, 3.8) is 0 Å². The molecular weight excluding hydrogens is 266 g/mol. The summed E-state index contributed by atoms with van der Waals surface area (Å²) in [5, 5.41) is 0. The molecule has 4 nitrogen and oxygen atoms in total. The van der Waals surface area contributed by atoms with Gasteiger partial charge in [-0.2, -0.15) is 0 Å². The fourth-order valence-electron chi connectivity index (χ4n) is 1.72. The number of carbonyl (C=O) groups excluding carboxylic acids is 1. The van der Waals surface area contributed by atoms with Crippen molar-refractivity contribution in [3.8, 4) is 5.75 Å². The highest BCUT2D eigenvalue weighted by Crippen LogP contribution is 2.25. The molecule has 0 aliphatic heterocycles. The summed E-state index contributed by atoms with van der Waals surface area (Å²) in [6, 6.07) is 7.39. The Hall–Kier alpha value is -1.55. The van der Waals surface area contributed by atoms with E-state index in [4.69, 9.17) is 15.2 Å². The molecule has 21 heavy (non-hydrogen) atoms. The minimum absolute atomic E-state index is 0.0712. The van der Waals surface area contributed by atoms with Gasteiger partial charge in [-0.3, -0.25) is 4.79 Å². The summed E-state index contributed by atoms with van der Waals surface area (Å²) < 4.78 is 10.7. The van der Waals surface area contributed by atoms with E-state index in [1.165, 1.54) is 5.56 Å². The largest absolute Gasteiger partial charge is 0.490 e. The smallest absolute Gasteiger partial charge is 0.323 e. The molecule has 0 aromatic heterocycles. The Labute approximate surface area is 127 Å². The van der Waals surface area contributed by atoms with Crippen LogP contribution >= 0.6 is 0 Å². The maximum absolute atomic E-state index is 11.6. The Balaban J connectivity index is 2.42. The highest BCUT2D eigenvalue weighted by atomic mass is 16.6. The number of ether oxygens (including phenoxy) is 2. The van der Waals surface area contributed by atoms with Crippen molar-refractivity contribution in [2.75, 3.05) is 13.2 Å². The van der Waals surface area contributed by atoms with Gasteiger partial charge >= 0.3 is 5.97 Å². The summed E-state index contributed by atoms with van der Waals surface area (Å²) in [5.74, 6) is 0.477. The van der Waals surface area contributed by atoms with Gasteiger partial charge in [-0.25, -0.2) is 0 Å². The van der Waals surface area contributed by atoms with Crippen LogP contribution in [0.15, 0.2) is 24.3 Å². The molecule has 0 spiro atoms. The summed E-state index contributed by atoms with van der Waals surface area (Å²) in [4.78, 5) is 11.6. The van der Waals surface area contributed by atoms with Crippen molar-refractivity contribution < 1.29 is 14.3 Å². The first kappa shape index (κ1) is 17.5. The maximum atomic E-state index is 11.6. The van der Waals surface area contributed by atoms with Gasteiger partial charge in [0.2, 0.25) is 0 Å². The van der Waals surface area contributed by atoms with Gasteiger partial charge in [0.05, 0.1) is 0 Å². The summed E-state index contributed by atoms with van der Waals surface area (Å²) in [7, 11) is 0. The van der Waals surface area contributed by atoms with E-state index >= 15 is 0 Å². The molecule has 0 aliphatic rings. The van der Waals surface area contributed by atoms with Crippen LogP contribution in [0.3, 0.4) is 0 Å². The fraction of sp³-hybridized carbons (Fsp3) is 0.588. The molecule has 0 fully saturated rings. The summed E-state index contributed by atoms with van der Waals surface area (Å²) in [5.41, 5.74) is 6.99. The van der Waals surface area contributed by atoms with E-state index < -0.39 is 6.04 Å². The third kappa shape index (κ3) is 5.76. The van der Waals surface area contributed by atoms with Crippen molar-refractivity contribution in [1.82, 2.24) is 0 Å². The standard InChI is InChI=1S/C17H27NO3/c1-12(2)15(18)16(19)21-10-9-20-14-8-6-7-13(11-14)17(3,4)5/h6-8,11-12,15H,9-10,18H2,1-5H3.